The Hall–Kier alpha value is -3.62. The van der Waals surface area contributed by atoms with Crippen LogP contribution in [0.1, 0.15) is 19.4 Å². The molecule has 0 fully saturated rings. The highest BCUT2D eigenvalue weighted by atomic mass is 19.3. The van der Waals surface area contributed by atoms with E-state index in [4.69, 9.17) is 11.6 Å². The monoisotopic (exact) mass is 462 g/mol. The first-order valence-corrected chi connectivity index (χ1v) is 9.70. The maximum Gasteiger partial charge on any atom is 0.256 e. The molecule has 2 aromatic heterocycles. The summed E-state index contributed by atoms with van der Waals surface area (Å²) in [5, 5.41) is 10.9. The minimum atomic E-state index is -2.89. The summed E-state index contributed by atoms with van der Waals surface area (Å²) < 4.78 is 56.5. The Morgan fingerprint density at radius 3 is 2.48 bits per heavy atom. The Kier molecular flexibility index (Phi) is 6.62. The van der Waals surface area contributed by atoms with E-state index in [9.17, 15) is 22.7 Å². The van der Waals surface area contributed by atoms with Gasteiger partial charge in [-0.3, -0.25) is 4.98 Å². The van der Waals surface area contributed by atoms with Crippen molar-refractivity contribution in [2.45, 2.75) is 25.9 Å². The number of halogens is 4. The number of aromatic nitrogens is 2. The van der Waals surface area contributed by atoms with Gasteiger partial charge in [-0.25, -0.2) is 28.4 Å². The number of nitrogens with zero attached hydrogens (tertiary/aromatic N) is 4. The molecule has 0 unspecified atom stereocenters. The lowest BCUT2D eigenvalue weighted by Gasteiger charge is -2.27. The van der Waals surface area contributed by atoms with E-state index in [2.05, 4.69) is 21.8 Å². The third kappa shape index (κ3) is 5.42. The Bertz CT molecular complexity index is 1250. The van der Waals surface area contributed by atoms with Gasteiger partial charge in [0.15, 0.2) is 11.6 Å². The fraction of sp³-hybridized carbons (Fsp3) is 0.273. The van der Waals surface area contributed by atoms with E-state index in [0.29, 0.717) is 0 Å². The van der Waals surface area contributed by atoms with E-state index in [1.165, 1.54) is 33.2 Å². The van der Waals surface area contributed by atoms with Crippen molar-refractivity contribution in [2.75, 3.05) is 29.2 Å². The zero-order chi connectivity index (χ0) is 24.5. The van der Waals surface area contributed by atoms with Crippen LogP contribution >= 0.6 is 0 Å². The van der Waals surface area contributed by atoms with Crippen LogP contribution in [0.5, 0.6) is 0 Å². The second-order valence-electron chi connectivity index (χ2n) is 7.83. The van der Waals surface area contributed by atoms with E-state index in [-0.39, 0.29) is 39.3 Å². The molecule has 174 valence electrons. The number of aliphatic hydroxyl groups is 1. The van der Waals surface area contributed by atoms with Crippen LogP contribution in [0.25, 0.3) is 10.8 Å². The molecule has 5 N–H and O–H groups in total. The number of hydrogen-bond acceptors (Lipinski definition) is 7. The molecule has 2 heterocycles. The van der Waals surface area contributed by atoms with E-state index in [0.717, 1.165) is 28.2 Å². The summed E-state index contributed by atoms with van der Waals surface area (Å²) >= 11 is 0. The molecule has 33 heavy (non-hydrogen) atoms. The molecule has 0 saturated carbocycles. The Morgan fingerprint density at radius 1 is 1.18 bits per heavy atom. The third-order valence-corrected chi connectivity index (χ3v) is 4.48. The maximum atomic E-state index is 14.9. The van der Waals surface area contributed by atoms with Crippen molar-refractivity contribution < 1.29 is 22.7 Å². The number of benzene rings is 1. The van der Waals surface area contributed by atoms with Gasteiger partial charge in [-0.2, -0.15) is 0 Å². The number of rotatable bonds is 5. The first-order valence-electron chi connectivity index (χ1n) is 9.70. The van der Waals surface area contributed by atoms with Crippen LogP contribution < -0.4 is 21.5 Å². The lowest BCUT2D eigenvalue weighted by molar-refractivity contribution is 0.143. The van der Waals surface area contributed by atoms with E-state index < -0.39 is 30.2 Å². The smallest absolute Gasteiger partial charge is 0.256 e. The largest absolute Gasteiger partial charge is 0.382 e. The molecule has 0 radical (unpaired) electrons. The van der Waals surface area contributed by atoms with Gasteiger partial charge in [-0.15, -0.1) is 0 Å². The predicted octanol–water partition coefficient (Wildman–Crippen LogP) is 3.33. The van der Waals surface area contributed by atoms with Crippen LogP contribution in [-0.4, -0.2) is 40.7 Å². The highest BCUT2D eigenvalue weighted by molar-refractivity contribution is 6.05. The Morgan fingerprint density at radius 2 is 1.88 bits per heavy atom. The average molecular weight is 462 g/mol. The molecule has 0 aliphatic heterocycles. The van der Waals surface area contributed by atoms with Crippen molar-refractivity contribution in [3.8, 4) is 11.8 Å². The minimum absolute atomic E-state index is 0.0615. The van der Waals surface area contributed by atoms with Gasteiger partial charge in [0.05, 0.1) is 18.1 Å². The second kappa shape index (κ2) is 9.09. The maximum absolute atomic E-state index is 14.9. The van der Waals surface area contributed by atoms with Gasteiger partial charge in [0, 0.05) is 29.9 Å². The predicted molar refractivity (Wildman–Crippen MR) is 119 cm³/mol. The van der Waals surface area contributed by atoms with Crippen LogP contribution in [0, 0.1) is 23.5 Å². The summed E-state index contributed by atoms with van der Waals surface area (Å²) in [5.41, 5.74) is 4.86. The molecular formula is C22H22F4N6O. The van der Waals surface area contributed by atoms with Gasteiger partial charge in [0.25, 0.3) is 6.43 Å². The Labute approximate surface area is 187 Å². The topological polar surface area (TPSA) is 105 Å². The van der Waals surface area contributed by atoms with Crippen LogP contribution in [0.15, 0.2) is 30.6 Å². The molecule has 0 bridgehead atoms. The zero-order valence-electron chi connectivity index (χ0n) is 18.1. The van der Waals surface area contributed by atoms with E-state index in [1.807, 2.05) is 0 Å². The summed E-state index contributed by atoms with van der Waals surface area (Å²) in [6.07, 6.45) is -0.708. The summed E-state index contributed by atoms with van der Waals surface area (Å²) in [4.78, 5) is 8.89. The summed E-state index contributed by atoms with van der Waals surface area (Å²) in [7, 11) is 1.45. The molecule has 0 atom stereocenters. The van der Waals surface area contributed by atoms with Gasteiger partial charge in [0.2, 0.25) is 0 Å². The highest BCUT2D eigenvalue weighted by Gasteiger charge is 2.25. The number of hydrogen-bond donors (Lipinski definition) is 3. The van der Waals surface area contributed by atoms with Crippen molar-refractivity contribution in [3.63, 3.8) is 0 Å². The fourth-order valence-electron chi connectivity index (χ4n) is 3.25. The molecule has 0 aliphatic carbocycles. The molecule has 1 aromatic carbocycles. The standard InChI is InChI=1S/C22H22F4N6O/c1-22(2,33)5-4-12-6-13(23)8-14(7-12)32(11-17(25)26)21-18-15(9-29-10-16(18)24)19(31(3)28)20(27)30-21/h6-10,17,33H,11,28H2,1-3H3,(H2,27,30). The molecular weight excluding hydrogens is 440 g/mol. The summed E-state index contributed by atoms with van der Waals surface area (Å²) in [5.74, 6) is 8.88. The SMILES string of the molecule is CN(N)c1c(N)nc(N(CC(F)F)c2cc(F)cc(C#CC(C)(C)O)c2)c2c(F)cncc12. The molecule has 0 aliphatic rings. The summed E-state index contributed by atoms with van der Waals surface area (Å²) in [6.45, 7) is 1.94. The van der Waals surface area contributed by atoms with Crippen molar-refractivity contribution >= 4 is 33.8 Å². The van der Waals surface area contributed by atoms with Gasteiger partial charge in [-0.1, -0.05) is 11.8 Å². The van der Waals surface area contributed by atoms with Crippen LogP contribution in [0.4, 0.5) is 40.6 Å². The van der Waals surface area contributed by atoms with Crippen LogP contribution in [-0.2, 0) is 0 Å². The number of fused-ring (bicyclic) bond motifs is 1. The zero-order valence-corrected chi connectivity index (χ0v) is 18.1. The molecule has 3 aromatic rings. The molecule has 0 spiro atoms. The van der Waals surface area contributed by atoms with Gasteiger partial charge >= 0.3 is 0 Å². The lowest BCUT2D eigenvalue weighted by atomic mass is 10.1. The average Bonchev–Trinajstić information content (AvgIpc) is 2.68. The number of alkyl halides is 2. The molecule has 11 heteroatoms. The fourth-order valence-corrected chi connectivity index (χ4v) is 3.25. The number of nitrogens with two attached hydrogens (primary N) is 2. The second-order valence-corrected chi connectivity index (χ2v) is 7.83. The van der Waals surface area contributed by atoms with Crippen LogP contribution in [0.2, 0.25) is 0 Å². The first kappa shape index (κ1) is 24.0. The highest BCUT2D eigenvalue weighted by Crippen LogP contribution is 2.39. The van der Waals surface area contributed by atoms with E-state index >= 15 is 0 Å². The first-order chi connectivity index (χ1) is 15.4. The quantitative estimate of drug-likeness (QED) is 0.231. The van der Waals surface area contributed by atoms with Gasteiger partial charge in [-0.05, 0) is 32.0 Å². The van der Waals surface area contributed by atoms with Gasteiger partial charge < -0.3 is 20.7 Å². The third-order valence-electron chi connectivity index (χ3n) is 4.48. The van der Waals surface area contributed by atoms with Crippen molar-refractivity contribution in [1.29, 1.82) is 0 Å². The molecule has 3 rings (SSSR count). The summed E-state index contributed by atoms with van der Waals surface area (Å²) in [6, 6.07) is 3.40. The van der Waals surface area contributed by atoms with Crippen molar-refractivity contribution in [2.24, 2.45) is 5.84 Å². The number of hydrazine groups is 1. The number of nitrogen functional groups attached to an aromatic ring is 1. The lowest BCUT2D eigenvalue weighted by Crippen LogP contribution is -2.29. The van der Waals surface area contributed by atoms with E-state index in [1.54, 1.807) is 0 Å². The minimum Gasteiger partial charge on any atom is -0.382 e. The molecule has 0 amide bonds. The van der Waals surface area contributed by atoms with Crippen molar-refractivity contribution in [3.05, 3.63) is 47.8 Å². The normalized spacial score (nSPS) is 11.5. The van der Waals surface area contributed by atoms with Gasteiger partial charge in [0.1, 0.15) is 22.9 Å². The molecule has 7 nitrogen and oxygen atoms in total. The Balaban J connectivity index is 2.31. The van der Waals surface area contributed by atoms with Crippen molar-refractivity contribution in [1.82, 2.24) is 9.97 Å². The number of anilines is 4. The van der Waals surface area contributed by atoms with Crippen LogP contribution in [0.3, 0.4) is 0 Å². The number of pyridine rings is 2. The molecule has 0 saturated heterocycles.